The van der Waals surface area contributed by atoms with Gasteiger partial charge in [-0.05, 0) is 44.0 Å². The average Bonchev–Trinajstić information content (AvgIpc) is 2.29. The molecule has 0 fully saturated rings. The van der Waals surface area contributed by atoms with Gasteiger partial charge >= 0.3 is 0 Å². The van der Waals surface area contributed by atoms with Gasteiger partial charge in [0.25, 0.3) is 0 Å². The monoisotopic (exact) mass is 323 g/mol. The molecule has 0 bridgehead atoms. The van der Waals surface area contributed by atoms with E-state index in [0.29, 0.717) is 16.5 Å². The summed E-state index contributed by atoms with van der Waals surface area (Å²) < 4.78 is 22.2. The highest BCUT2D eigenvalue weighted by atomic mass is 35.5. The van der Waals surface area contributed by atoms with Crippen molar-refractivity contribution in [2.24, 2.45) is 0 Å². The van der Waals surface area contributed by atoms with Gasteiger partial charge in [-0.1, -0.05) is 29.3 Å². The van der Waals surface area contributed by atoms with Crippen LogP contribution in [0.1, 0.15) is 18.4 Å². The standard InChI is InChI=1S/C13H19Cl2NO2S/c1-16-12(4-3-7-19(2,17)18)8-10-5-6-11(14)9-13(10)15/h5-6,9,12,16H,3-4,7-8H2,1-2H3. The number of hydrogen-bond donors (Lipinski definition) is 1. The van der Waals surface area contributed by atoms with Gasteiger partial charge in [0.05, 0.1) is 0 Å². The number of sulfone groups is 1. The average molecular weight is 324 g/mol. The van der Waals surface area contributed by atoms with E-state index in [2.05, 4.69) is 5.32 Å². The molecule has 19 heavy (non-hydrogen) atoms. The highest BCUT2D eigenvalue weighted by molar-refractivity contribution is 7.90. The molecular formula is C13H19Cl2NO2S. The third-order valence-corrected chi connectivity index (χ3v) is 4.57. The molecule has 1 aromatic carbocycles. The van der Waals surface area contributed by atoms with E-state index in [0.717, 1.165) is 18.4 Å². The second-order valence-corrected chi connectivity index (χ2v) is 7.80. The van der Waals surface area contributed by atoms with E-state index in [-0.39, 0.29) is 11.8 Å². The Morgan fingerprint density at radius 2 is 2.00 bits per heavy atom. The Hall–Kier alpha value is -0.290. The molecule has 0 saturated heterocycles. The minimum Gasteiger partial charge on any atom is -0.317 e. The van der Waals surface area contributed by atoms with Crippen molar-refractivity contribution in [1.82, 2.24) is 5.32 Å². The molecule has 0 saturated carbocycles. The van der Waals surface area contributed by atoms with E-state index in [1.54, 1.807) is 6.07 Å². The maximum Gasteiger partial charge on any atom is 0.147 e. The largest absolute Gasteiger partial charge is 0.317 e. The Labute approximate surface area is 125 Å². The first-order valence-electron chi connectivity index (χ1n) is 6.10. The highest BCUT2D eigenvalue weighted by Crippen LogP contribution is 2.22. The number of halogens is 2. The number of likely N-dealkylation sites (N-methyl/N-ethyl adjacent to an activating group) is 1. The zero-order chi connectivity index (χ0) is 14.5. The maximum absolute atomic E-state index is 11.1. The summed E-state index contributed by atoms with van der Waals surface area (Å²) in [6.45, 7) is 0. The van der Waals surface area contributed by atoms with Crippen molar-refractivity contribution < 1.29 is 8.42 Å². The van der Waals surface area contributed by atoms with Crippen LogP contribution in [0, 0.1) is 0 Å². The van der Waals surface area contributed by atoms with Crippen molar-refractivity contribution in [1.29, 1.82) is 0 Å². The molecule has 3 nitrogen and oxygen atoms in total. The van der Waals surface area contributed by atoms with Gasteiger partial charge in [0.15, 0.2) is 0 Å². The van der Waals surface area contributed by atoms with Crippen LogP contribution in [0.4, 0.5) is 0 Å². The van der Waals surface area contributed by atoms with Gasteiger partial charge in [-0.3, -0.25) is 0 Å². The smallest absolute Gasteiger partial charge is 0.147 e. The van der Waals surface area contributed by atoms with Gasteiger partial charge in [0.2, 0.25) is 0 Å². The highest BCUT2D eigenvalue weighted by Gasteiger charge is 2.11. The molecule has 1 aromatic rings. The lowest BCUT2D eigenvalue weighted by atomic mass is 10.0. The first-order valence-corrected chi connectivity index (χ1v) is 8.92. The van der Waals surface area contributed by atoms with Crippen molar-refractivity contribution in [3.05, 3.63) is 33.8 Å². The fourth-order valence-corrected chi connectivity index (χ4v) is 3.07. The Kier molecular flexibility index (Phi) is 6.60. The summed E-state index contributed by atoms with van der Waals surface area (Å²) >= 11 is 12.0. The van der Waals surface area contributed by atoms with Crippen LogP contribution >= 0.6 is 23.2 Å². The molecule has 0 aliphatic rings. The molecule has 0 heterocycles. The third kappa shape index (κ3) is 6.61. The van der Waals surface area contributed by atoms with E-state index in [1.165, 1.54) is 6.26 Å². The summed E-state index contributed by atoms with van der Waals surface area (Å²) in [5.41, 5.74) is 1.02. The lowest BCUT2D eigenvalue weighted by Gasteiger charge is -2.16. The molecule has 0 aromatic heterocycles. The predicted octanol–water partition coefficient (Wildman–Crippen LogP) is 2.95. The molecule has 0 aliphatic carbocycles. The number of rotatable bonds is 7. The topological polar surface area (TPSA) is 46.2 Å². The molecule has 0 radical (unpaired) electrons. The molecule has 1 rings (SSSR count). The van der Waals surface area contributed by atoms with Gasteiger partial charge in [0, 0.05) is 28.1 Å². The first kappa shape index (κ1) is 16.8. The summed E-state index contributed by atoms with van der Waals surface area (Å²) in [5, 5.41) is 4.46. The van der Waals surface area contributed by atoms with Gasteiger partial charge < -0.3 is 5.32 Å². The molecule has 108 valence electrons. The van der Waals surface area contributed by atoms with E-state index in [4.69, 9.17) is 23.2 Å². The minimum absolute atomic E-state index is 0.209. The summed E-state index contributed by atoms with van der Waals surface area (Å²) in [6.07, 6.45) is 3.46. The zero-order valence-electron chi connectivity index (χ0n) is 11.1. The SMILES string of the molecule is CNC(CCCS(C)(=O)=O)Cc1ccc(Cl)cc1Cl. The van der Waals surface area contributed by atoms with Crippen LogP contribution < -0.4 is 5.32 Å². The van der Waals surface area contributed by atoms with E-state index >= 15 is 0 Å². The lowest BCUT2D eigenvalue weighted by Crippen LogP contribution is -2.28. The fraction of sp³-hybridized carbons (Fsp3) is 0.538. The number of hydrogen-bond acceptors (Lipinski definition) is 3. The first-order chi connectivity index (χ1) is 8.81. The molecule has 1 unspecified atom stereocenters. The predicted molar refractivity (Wildman–Crippen MR) is 82.0 cm³/mol. The van der Waals surface area contributed by atoms with Gasteiger partial charge in [-0.2, -0.15) is 0 Å². The van der Waals surface area contributed by atoms with Crippen LogP contribution in [0.2, 0.25) is 10.0 Å². The Balaban J connectivity index is 2.56. The van der Waals surface area contributed by atoms with Gasteiger partial charge in [-0.15, -0.1) is 0 Å². The summed E-state index contributed by atoms with van der Waals surface area (Å²) in [4.78, 5) is 0. The Morgan fingerprint density at radius 3 is 2.53 bits per heavy atom. The van der Waals surface area contributed by atoms with Crippen LogP contribution in [-0.2, 0) is 16.3 Å². The van der Waals surface area contributed by atoms with Crippen LogP contribution in [-0.4, -0.2) is 33.5 Å². The van der Waals surface area contributed by atoms with Crippen molar-refractivity contribution in [2.45, 2.75) is 25.3 Å². The maximum atomic E-state index is 11.1. The summed E-state index contributed by atoms with van der Waals surface area (Å²) in [6, 6.07) is 5.65. The fourth-order valence-electron chi connectivity index (χ4n) is 1.89. The Morgan fingerprint density at radius 1 is 1.32 bits per heavy atom. The third-order valence-electron chi connectivity index (χ3n) is 2.96. The van der Waals surface area contributed by atoms with Crippen molar-refractivity contribution in [2.75, 3.05) is 19.1 Å². The number of benzene rings is 1. The van der Waals surface area contributed by atoms with Gasteiger partial charge in [-0.25, -0.2) is 8.42 Å². The van der Waals surface area contributed by atoms with Crippen molar-refractivity contribution in [3.63, 3.8) is 0 Å². The summed E-state index contributed by atoms with van der Waals surface area (Å²) in [5.74, 6) is 0.222. The van der Waals surface area contributed by atoms with E-state index < -0.39 is 9.84 Å². The molecule has 1 atom stereocenters. The van der Waals surface area contributed by atoms with Crippen LogP contribution in [0.3, 0.4) is 0 Å². The number of nitrogens with one attached hydrogen (secondary N) is 1. The molecule has 6 heteroatoms. The van der Waals surface area contributed by atoms with Crippen molar-refractivity contribution in [3.8, 4) is 0 Å². The second kappa shape index (κ2) is 7.48. The normalized spacial score (nSPS) is 13.5. The molecule has 0 amide bonds. The molecule has 1 N–H and O–H groups in total. The second-order valence-electron chi connectivity index (χ2n) is 4.70. The minimum atomic E-state index is -2.89. The van der Waals surface area contributed by atoms with Crippen LogP contribution in [0.15, 0.2) is 18.2 Å². The van der Waals surface area contributed by atoms with Gasteiger partial charge in [0.1, 0.15) is 9.84 Å². The molecule has 0 spiro atoms. The quantitative estimate of drug-likeness (QED) is 0.839. The van der Waals surface area contributed by atoms with E-state index in [1.807, 2.05) is 19.2 Å². The van der Waals surface area contributed by atoms with E-state index in [9.17, 15) is 8.42 Å². The lowest BCUT2D eigenvalue weighted by molar-refractivity contribution is 0.511. The molecular weight excluding hydrogens is 305 g/mol. The summed E-state index contributed by atoms with van der Waals surface area (Å²) in [7, 11) is -1.02. The zero-order valence-corrected chi connectivity index (χ0v) is 13.4. The van der Waals surface area contributed by atoms with Crippen LogP contribution in [0.5, 0.6) is 0 Å². The van der Waals surface area contributed by atoms with Crippen LogP contribution in [0.25, 0.3) is 0 Å². The molecule has 0 aliphatic heterocycles. The van der Waals surface area contributed by atoms with Crippen molar-refractivity contribution >= 4 is 33.0 Å². The Bertz CT molecular complexity index is 517.